The Bertz CT molecular complexity index is 452. The third-order valence-corrected chi connectivity index (χ3v) is 2.59. The number of carbonyl (C=O) groups is 1. The highest BCUT2D eigenvalue weighted by Crippen LogP contribution is 2.22. The van der Waals surface area contributed by atoms with Crippen molar-refractivity contribution in [3.63, 3.8) is 0 Å². The molecule has 0 radical (unpaired) electrons. The fourth-order valence-corrected chi connectivity index (χ4v) is 1.82. The van der Waals surface area contributed by atoms with Gasteiger partial charge in [0.05, 0.1) is 25.2 Å². The van der Waals surface area contributed by atoms with Crippen LogP contribution in [0.3, 0.4) is 0 Å². The molecule has 84 valence electrons. The van der Waals surface area contributed by atoms with E-state index in [1.165, 1.54) is 7.11 Å². The molecule has 0 fully saturated rings. The number of rotatable bonds is 3. The maximum Gasteiger partial charge on any atom is 0.310 e. The first-order valence-corrected chi connectivity index (χ1v) is 5.37. The molecule has 16 heavy (non-hydrogen) atoms. The molecule has 0 atom stereocenters. The lowest BCUT2D eigenvalue weighted by Crippen LogP contribution is -2.07. The van der Waals surface area contributed by atoms with Crippen molar-refractivity contribution in [2.75, 3.05) is 7.11 Å². The molecule has 0 aliphatic heterocycles. The minimum atomic E-state index is -0.417. The molecule has 1 aromatic carbocycles. The van der Waals surface area contributed by atoms with Crippen LogP contribution in [0, 0.1) is 11.3 Å². The predicted molar refractivity (Wildman–Crippen MR) is 61.4 cm³/mol. The lowest BCUT2D eigenvalue weighted by atomic mass is 10.0. The number of nitrogens with zero attached hydrogens (tertiary/aromatic N) is 1. The van der Waals surface area contributed by atoms with E-state index in [1.807, 2.05) is 6.07 Å². The molecule has 0 heterocycles. The van der Waals surface area contributed by atoms with Crippen LogP contribution in [0.2, 0.25) is 5.02 Å². The van der Waals surface area contributed by atoms with Crippen molar-refractivity contribution in [1.82, 2.24) is 0 Å². The number of hydrogen-bond acceptors (Lipinski definition) is 3. The normalized spacial score (nSPS) is 9.62. The number of alkyl halides is 1. The first kappa shape index (κ1) is 12.8. The van der Waals surface area contributed by atoms with Gasteiger partial charge >= 0.3 is 5.97 Å². The topological polar surface area (TPSA) is 50.1 Å². The molecule has 0 unspecified atom stereocenters. The molecular weight excluding hydrogens is 249 g/mol. The molecule has 0 aromatic heterocycles. The van der Waals surface area contributed by atoms with Crippen LogP contribution in [0.5, 0.6) is 0 Å². The van der Waals surface area contributed by atoms with Crippen LogP contribution in [0.4, 0.5) is 0 Å². The summed E-state index contributed by atoms with van der Waals surface area (Å²) in [7, 11) is 1.29. The molecule has 0 saturated carbocycles. The van der Waals surface area contributed by atoms with E-state index in [-0.39, 0.29) is 12.3 Å². The van der Waals surface area contributed by atoms with Crippen LogP contribution in [-0.4, -0.2) is 13.1 Å². The van der Waals surface area contributed by atoms with E-state index in [0.29, 0.717) is 21.7 Å². The number of halogens is 2. The Morgan fingerprint density at radius 1 is 1.50 bits per heavy atom. The number of hydrogen-bond donors (Lipinski definition) is 0. The van der Waals surface area contributed by atoms with Gasteiger partial charge in [0, 0.05) is 10.9 Å². The molecule has 5 heteroatoms. The Balaban J connectivity index is 3.21. The molecule has 0 aliphatic carbocycles. The van der Waals surface area contributed by atoms with Gasteiger partial charge in [0.2, 0.25) is 0 Å². The average molecular weight is 258 g/mol. The Morgan fingerprint density at radius 3 is 2.62 bits per heavy atom. The first-order valence-electron chi connectivity index (χ1n) is 4.46. The van der Waals surface area contributed by atoms with E-state index in [0.717, 1.165) is 0 Å². The summed E-state index contributed by atoms with van der Waals surface area (Å²) in [5, 5.41) is 9.46. The molecule has 0 aliphatic rings. The Hall–Kier alpha value is -1.24. The van der Waals surface area contributed by atoms with E-state index in [9.17, 15) is 4.79 Å². The van der Waals surface area contributed by atoms with Crippen LogP contribution in [0.1, 0.15) is 16.7 Å². The number of esters is 1. The largest absolute Gasteiger partial charge is 0.469 e. The van der Waals surface area contributed by atoms with Gasteiger partial charge in [0.1, 0.15) is 0 Å². The Labute approximate surface area is 104 Å². The van der Waals surface area contributed by atoms with E-state index in [1.54, 1.807) is 12.1 Å². The molecule has 0 N–H and O–H groups in total. The van der Waals surface area contributed by atoms with Crippen LogP contribution in [-0.2, 0) is 21.8 Å². The van der Waals surface area contributed by atoms with Crippen molar-refractivity contribution in [3.05, 3.63) is 33.8 Å². The van der Waals surface area contributed by atoms with Crippen molar-refractivity contribution in [1.29, 1.82) is 5.26 Å². The monoisotopic (exact) mass is 257 g/mol. The van der Waals surface area contributed by atoms with Gasteiger partial charge in [-0.1, -0.05) is 11.6 Å². The zero-order chi connectivity index (χ0) is 12.1. The molecule has 0 bridgehead atoms. The lowest BCUT2D eigenvalue weighted by molar-refractivity contribution is -0.139. The molecule has 0 spiro atoms. The zero-order valence-electron chi connectivity index (χ0n) is 8.59. The first-order chi connectivity index (χ1) is 7.62. The zero-order valence-corrected chi connectivity index (χ0v) is 10.1. The summed E-state index contributed by atoms with van der Waals surface area (Å²) in [6, 6.07) is 5.22. The van der Waals surface area contributed by atoms with Gasteiger partial charge in [0.25, 0.3) is 0 Å². The molecule has 1 aromatic rings. The highest BCUT2D eigenvalue weighted by atomic mass is 35.5. The highest BCUT2D eigenvalue weighted by Gasteiger charge is 2.13. The number of carbonyl (C=O) groups excluding carboxylic acids is 1. The van der Waals surface area contributed by atoms with Crippen LogP contribution >= 0.6 is 23.2 Å². The lowest BCUT2D eigenvalue weighted by Gasteiger charge is -2.07. The number of ether oxygens (including phenoxy) is 1. The smallest absolute Gasteiger partial charge is 0.310 e. The van der Waals surface area contributed by atoms with Gasteiger partial charge in [0.15, 0.2) is 0 Å². The standard InChI is InChI=1S/C11H9Cl2NO2/c1-16-11(15)4-7-2-9(13)3-8(5-12)10(7)6-14/h2-3H,4-5H2,1H3. The van der Waals surface area contributed by atoms with Crippen molar-refractivity contribution in [2.24, 2.45) is 0 Å². The maximum atomic E-state index is 11.2. The minimum Gasteiger partial charge on any atom is -0.469 e. The van der Waals surface area contributed by atoms with Crippen molar-refractivity contribution >= 4 is 29.2 Å². The Morgan fingerprint density at radius 2 is 2.12 bits per heavy atom. The summed E-state index contributed by atoms with van der Waals surface area (Å²) >= 11 is 11.6. The summed E-state index contributed by atoms with van der Waals surface area (Å²) in [6.45, 7) is 0. The van der Waals surface area contributed by atoms with Crippen molar-refractivity contribution in [2.45, 2.75) is 12.3 Å². The summed E-state index contributed by atoms with van der Waals surface area (Å²) in [4.78, 5) is 11.2. The predicted octanol–water partition coefficient (Wildman–Crippen LogP) is 2.67. The quantitative estimate of drug-likeness (QED) is 0.618. The van der Waals surface area contributed by atoms with E-state index in [4.69, 9.17) is 28.5 Å². The summed E-state index contributed by atoms with van der Waals surface area (Å²) < 4.78 is 4.54. The van der Waals surface area contributed by atoms with Crippen molar-refractivity contribution in [3.8, 4) is 6.07 Å². The van der Waals surface area contributed by atoms with Gasteiger partial charge in [-0.3, -0.25) is 4.79 Å². The second-order valence-electron chi connectivity index (χ2n) is 3.10. The Kier molecular flexibility index (Phi) is 4.60. The van der Waals surface area contributed by atoms with Crippen LogP contribution < -0.4 is 0 Å². The molecule has 0 amide bonds. The van der Waals surface area contributed by atoms with Crippen LogP contribution in [0.25, 0.3) is 0 Å². The number of nitriles is 1. The van der Waals surface area contributed by atoms with E-state index < -0.39 is 5.97 Å². The van der Waals surface area contributed by atoms with Crippen molar-refractivity contribution < 1.29 is 9.53 Å². The van der Waals surface area contributed by atoms with Gasteiger partial charge in [-0.2, -0.15) is 5.26 Å². The second kappa shape index (κ2) is 5.74. The van der Waals surface area contributed by atoms with Gasteiger partial charge < -0.3 is 4.74 Å². The fraction of sp³-hybridized carbons (Fsp3) is 0.273. The molecular formula is C11H9Cl2NO2. The SMILES string of the molecule is COC(=O)Cc1cc(Cl)cc(CCl)c1C#N. The average Bonchev–Trinajstić information content (AvgIpc) is 2.28. The summed E-state index contributed by atoms with van der Waals surface area (Å²) in [6.07, 6.45) is 0.0177. The molecule has 3 nitrogen and oxygen atoms in total. The summed E-state index contributed by atoms with van der Waals surface area (Å²) in [5.74, 6) is -0.239. The third-order valence-electron chi connectivity index (χ3n) is 2.08. The van der Waals surface area contributed by atoms with E-state index in [2.05, 4.69) is 4.74 Å². The van der Waals surface area contributed by atoms with Gasteiger partial charge in [-0.05, 0) is 23.3 Å². The second-order valence-corrected chi connectivity index (χ2v) is 3.80. The number of methoxy groups -OCH3 is 1. The fourth-order valence-electron chi connectivity index (χ4n) is 1.34. The number of benzene rings is 1. The van der Waals surface area contributed by atoms with E-state index >= 15 is 0 Å². The molecule has 1 rings (SSSR count). The van der Waals surface area contributed by atoms with Gasteiger partial charge in [-0.15, -0.1) is 11.6 Å². The highest BCUT2D eigenvalue weighted by molar-refractivity contribution is 6.31. The summed E-state index contributed by atoms with van der Waals surface area (Å²) in [5.41, 5.74) is 1.55. The van der Waals surface area contributed by atoms with Crippen LogP contribution in [0.15, 0.2) is 12.1 Å². The third kappa shape index (κ3) is 2.88. The maximum absolute atomic E-state index is 11.2. The van der Waals surface area contributed by atoms with Gasteiger partial charge in [-0.25, -0.2) is 0 Å². The molecule has 0 saturated heterocycles. The minimum absolute atomic E-state index is 0.0177.